The van der Waals surface area contributed by atoms with E-state index in [1.54, 1.807) is 4.90 Å². The van der Waals surface area contributed by atoms with Crippen molar-refractivity contribution in [2.45, 2.75) is 43.3 Å². The van der Waals surface area contributed by atoms with Crippen molar-refractivity contribution in [2.75, 3.05) is 25.1 Å². The zero-order chi connectivity index (χ0) is 22.9. The fourth-order valence-electron chi connectivity index (χ4n) is 4.12. The number of methoxy groups -OCH3 is 1. The van der Waals surface area contributed by atoms with Gasteiger partial charge in [0.2, 0.25) is 5.91 Å². The highest BCUT2D eigenvalue weighted by molar-refractivity contribution is 5.90. The standard InChI is InChI=1S/C23H24F3N3O3/c1-32-21(31)22(28-20(30)10-15-2-4-16(5-3-15)17-6-7-17)8-9-29(14-22)19-11-18(12-27-13-19)23(24,25)26/h2-5,11-13,17H,6-10,14H2,1H3,(H,28,30)/t22-/m1/s1. The fourth-order valence-corrected chi connectivity index (χ4v) is 4.12. The lowest BCUT2D eigenvalue weighted by Crippen LogP contribution is -2.57. The van der Waals surface area contributed by atoms with Gasteiger partial charge in [0, 0.05) is 19.2 Å². The highest BCUT2D eigenvalue weighted by Gasteiger charge is 2.47. The molecule has 2 aromatic rings. The van der Waals surface area contributed by atoms with E-state index in [-0.39, 0.29) is 37.5 Å². The third-order valence-corrected chi connectivity index (χ3v) is 6.03. The van der Waals surface area contributed by atoms with Crippen LogP contribution in [0.15, 0.2) is 42.7 Å². The number of hydrogen-bond acceptors (Lipinski definition) is 5. The van der Waals surface area contributed by atoms with Crippen LogP contribution < -0.4 is 10.2 Å². The molecule has 32 heavy (non-hydrogen) atoms. The molecule has 2 heterocycles. The molecule has 2 fully saturated rings. The number of ether oxygens (including phenoxy) is 1. The number of nitrogens with zero attached hydrogens (tertiary/aromatic N) is 2. The molecule has 1 aromatic carbocycles. The average Bonchev–Trinajstić information content (AvgIpc) is 3.53. The zero-order valence-corrected chi connectivity index (χ0v) is 17.6. The Morgan fingerprint density at radius 2 is 1.94 bits per heavy atom. The molecular formula is C23H24F3N3O3. The molecular weight excluding hydrogens is 423 g/mol. The summed E-state index contributed by atoms with van der Waals surface area (Å²) in [7, 11) is 1.22. The number of amides is 1. The zero-order valence-electron chi connectivity index (χ0n) is 17.6. The Morgan fingerprint density at radius 3 is 2.56 bits per heavy atom. The SMILES string of the molecule is COC(=O)[C@@]1(NC(=O)Cc2ccc(C3CC3)cc2)CCN(c2cncc(C(F)(F)F)c2)C1. The summed E-state index contributed by atoms with van der Waals surface area (Å²) in [6.45, 7) is 0.267. The topological polar surface area (TPSA) is 71.5 Å². The molecule has 1 aliphatic heterocycles. The maximum atomic E-state index is 13.1. The second-order valence-electron chi connectivity index (χ2n) is 8.42. The van der Waals surface area contributed by atoms with E-state index in [0.717, 1.165) is 17.8 Å². The normalized spacial score (nSPS) is 20.8. The summed E-state index contributed by atoms with van der Waals surface area (Å²) >= 11 is 0. The van der Waals surface area contributed by atoms with Gasteiger partial charge in [-0.15, -0.1) is 0 Å². The molecule has 1 saturated carbocycles. The van der Waals surface area contributed by atoms with Crippen molar-refractivity contribution in [3.63, 3.8) is 0 Å². The van der Waals surface area contributed by atoms with Crippen molar-refractivity contribution < 1.29 is 27.5 Å². The molecule has 0 bridgehead atoms. The Bertz CT molecular complexity index is 1010. The van der Waals surface area contributed by atoms with Gasteiger partial charge < -0.3 is 15.0 Å². The Balaban J connectivity index is 1.47. The minimum absolute atomic E-state index is 0.00494. The van der Waals surface area contributed by atoms with Gasteiger partial charge in [0.1, 0.15) is 0 Å². The number of carbonyl (C=O) groups is 2. The molecule has 1 amide bonds. The van der Waals surface area contributed by atoms with Crippen LogP contribution in [0, 0.1) is 0 Å². The van der Waals surface area contributed by atoms with E-state index < -0.39 is 23.2 Å². The number of alkyl halides is 3. The van der Waals surface area contributed by atoms with Crippen molar-refractivity contribution in [1.29, 1.82) is 0 Å². The fraction of sp³-hybridized carbons (Fsp3) is 0.435. The molecule has 0 radical (unpaired) electrons. The number of halogens is 3. The van der Waals surface area contributed by atoms with E-state index in [1.807, 2.05) is 24.3 Å². The lowest BCUT2D eigenvalue weighted by Gasteiger charge is -2.28. The summed E-state index contributed by atoms with van der Waals surface area (Å²) in [5.41, 5.74) is 0.110. The van der Waals surface area contributed by atoms with Gasteiger partial charge in [-0.25, -0.2) is 4.79 Å². The minimum atomic E-state index is -4.52. The van der Waals surface area contributed by atoms with E-state index in [0.29, 0.717) is 5.92 Å². The smallest absolute Gasteiger partial charge is 0.417 e. The number of carbonyl (C=O) groups excluding carboxylic acids is 2. The monoisotopic (exact) mass is 447 g/mol. The van der Waals surface area contributed by atoms with Gasteiger partial charge in [-0.3, -0.25) is 9.78 Å². The number of aromatic nitrogens is 1. The van der Waals surface area contributed by atoms with Crippen molar-refractivity contribution in [1.82, 2.24) is 10.3 Å². The van der Waals surface area contributed by atoms with Gasteiger partial charge in [0.15, 0.2) is 5.54 Å². The highest BCUT2D eigenvalue weighted by atomic mass is 19.4. The molecule has 2 aliphatic rings. The van der Waals surface area contributed by atoms with E-state index >= 15 is 0 Å². The molecule has 1 N–H and O–H groups in total. The van der Waals surface area contributed by atoms with E-state index in [1.165, 1.54) is 31.7 Å². The van der Waals surface area contributed by atoms with E-state index in [2.05, 4.69) is 10.3 Å². The first kappa shape index (κ1) is 22.1. The second-order valence-corrected chi connectivity index (χ2v) is 8.42. The van der Waals surface area contributed by atoms with Gasteiger partial charge in [0.05, 0.1) is 37.5 Å². The highest BCUT2D eigenvalue weighted by Crippen LogP contribution is 2.40. The van der Waals surface area contributed by atoms with E-state index in [9.17, 15) is 22.8 Å². The average molecular weight is 447 g/mol. The van der Waals surface area contributed by atoms with Crippen LogP contribution in [0.1, 0.15) is 41.9 Å². The first-order chi connectivity index (χ1) is 15.2. The van der Waals surface area contributed by atoms with Gasteiger partial charge >= 0.3 is 12.1 Å². The molecule has 1 aliphatic carbocycles. The summed E-state index contributed by atoms with van der Waals surface area (Å²) in [5.74, 6) is -0.355. The van der Waals surface area contributed by atoms with Gasteiger partial charge in [-0.2, -0.15) is 13.2 Å². The summed E-state index contributed by atoms with van der Waals surface area (Å²) in [6, 6.07) is 8.85. The third-order valence-electron chi connectivity index (χ3n) is 6.03. The van der Waals surface area contributed by atoms with Crippen LogP contribution in [0.25, 0.3) is 0 Å². The van der Waals surface area contributed by atoms with Crippen LogP contribution in [0.5, 0.6) is 0 Å². The second kappa shape index (κ2) is 8.44. The van der Waals surface area contributed by atoms with Gasteiger partial charge in [0.25, 0.3) is 0 Å². The summed E-state index contributed by atoms with van der Waals surface area (Å²) < 4.78 is 44.1. The first-order valence-corrected chi connectivity index (χ1v) is 10.5. The van der Waals surface area contributed by atoms with Crippen LogP contribution in [-0.2, 0) is 26.9 Å². The number of hydrogen-bond donors (Lipinski definition) is 1. The molecule has 6 nitrogen and oxygen atoms in total. The predicted molar refractivity (Wildman–Crippen MR) is 111 cm³/mol. The predicted octanol–water partition coefficient (Wildman–Crippen LogP) is 3.46. The molecule has 0 unspecified atom stereocenters. The molecule has 4 rings (SSSR count). The number of anilines is 1. The number of esters is 1. The lowest BCUT2D eigenvalue weighted by molar-refractivity contribution is -0.150. The Morgan fingerprint density at radius 1 is 1.22 bits per heavy atom. The minimum Gasteiger partial charge on any atom is -0.467 e. The summed E-state index contributed by atoms with van der Waals surface area (Å²) in [4.78, 5) is 30.6. The number of rotatable bonds is 6. The quantitative estimate of drug-likeness (QED) is 0.687. The Labute approximate surface area is 183 Å². The Kier molecular flexibility index (Phi) is 5.83. The summed E-state index contributed by atoms with van der Waals surface area (Å²) in [5, 5.41) is 2.79. The van der Waals surface area contributed by atoms with Crippen LogP contribution >= 0.6 is 0 Å². The molecule has 1 aromatic heterocycles. The molecule has 9 heteroatoms. The van der Waals surface area contributed by atoms with Crippen LogP contribution in [0.3, 0.4) is 0 Å². The number of nitrogens with one attached hydrogen (secondary N) is 1. The van der Waals surface area contributed by atoms with Gasteiger partial charge in [-0.1, -0.05) is 24.3 Å². The molecule has 1 atom stereocenters. The number of pyridine rings is 1. The summed E-state index contributed by atoms with van der Waals surface area (Å²) in [6.07, 6.45) is 0.233. The van der Waals surface area contributed by atoms with Gasteiger partial charge in [-0.05, 0) is 36.0 Å². The first-order valence-electron chi connectivity index (χ1n) is 10.5. The van der Waals surface area contributed by atoms with Crippen LogP contribution in [-0.4, -0.2) is 42.6 Å². The molecule has 0 spiro atoms. The maximum Gasteiger partial charge on any atom is 0.417 e. The lowest BCUT2D eigenvalue weighted by atomic mass is 9.97. The van der Waals surface area contributed by atoms with Crippen molar-refractivity contribution >= 4 is 17.6 Å². The number of benzene rings is 1. The van der Waals surface area contributed by atoms with Crippen LogP contribution in [0.2, 0.25) is 0 Å². The van der Waals surface area contributed by atoms with Crippen molar-refractivity contribution in [2.24, 2.45) is 0 Å². The maximum absolute atomic E-state index is 13.1. The van der Waals surface area contributed by atoms with Crippen LogP contribution in [0.4, 0.5) is 18.9 Å². The van der Waals surface area contributed by atoms with Crippen molar-refractivity contribution in [3.8, 4) is 0 Å². The Hall–Kier alpha value is -3.10. The third kappa shape index (κ3) is 4.71. The van der Waals surface area contributed by atoms with E-state index in [4.69, 9.17) is 4.74 Å². The largest absolute Gasteiger partial charge is 0.467 e. The van der Waals surface area contributed by atoms with Crippen molar-refractivity contribution in [3.05, 3.63) is 59.4 Å². The molecule has 1 saturated heterocycles. The molecule has 170 valence electrons.